The molecule has 1 aliphatic rings. The summed E-state index contributed by atoms with van der Waals surface area (Å²) in [4.78, 5) is 0.123. The van der Waals surface area contributed by atoms with E-state index in [2.05, 4.69) is 0 Å². The van der Waals surface area contributed by atoms with E-state index >= 15 is 0 Å². The van der Waals surface area contributed by atoms with E-state index in [-0.39, 0.29) is 17.5 Å². The molecule has 7 heteroatoms. The average Bonchev–Trinajstić information content (AvgIpc) is 3.47. The summed E-state index contributed by atoms with van der Waals surface area (Å²) in [5.74, 6) is 0.493. The summed E-state index contributed by atoms with van der Waals surface area (Å²) in [6, 6.07) is 10.8. The third-order valence-corrected chi connectivity index (χ3v) is 6.25. The second kappa shape index (κ2) is 8.27. The summed E-state index contributed by atoms with van der Waals surface area (Å²) >= 11 is 0. The highest BCUT2D eigenvalue weighted by atomic mass is 32.2. The highest BCUT2D eigenvalue weighted by Gasteiger charge is 2.38. The first-order valence-corrected chi connectivity index (χ1v) is 10.6. The molecule has 0 amide bonds. The Morgan fingerprint density at radius 2 is 1.70 bits per heavy atom. The smallest absolute Gasteiger partial charge is 0.243 e. The van der Waals surface area contributed by atoms with Gasteiger partial charge in [-0.25, -0.2) is 12.8 Å². The molecule has 0 saturated heterocycles. The minimum atomic E-state index is -3.79. The van der Waals surface area contributed by atoms with Gasteiger partial charge < -0.3 is 9.47 Å². The van der Waals surface area contributed by atoms with Crippen molar-refractivity contribution in [2.24, 2.45) is 0 Å². The van der Waals surface area contributed by atoms with Crippen molar-refractivity contribution < 1.29 is 22.3 Å². The Hall–Kier alpha value is -2.12. The van der Waals surface area contributed by atoms with Crippen LogP contribution < -0.4 is 9.47 Å². The van der Waals surface area contributed by atoms with Crippen molar-refractivity contribution in [1.29, 1.82) is 0 Å². The average molecular weight is 393 g/mol. The first kappa shape index (κ1) is 19.6. The highest BCUT2D eigenvalue weighted by Crippen LogP contribution is 2.36. The van der Waals surface area contributed by atoms with E-state index in [1.54, 1.807) is 24.3 Å². The monoisotopic (exact) mass is 393 g/mol. The standard InChI is InChI=1S/C20H24FNO4S/c1-3-25-19-12-11-17(13-20(19)26-4-2)27(23,24)22(16-9-10-16)14-15-7-5-6-8-18(15)21/h5-8,11-13,16H,3-4,9-10,14H2,1-2H3. The Morgan fingerprint density at radius 3 is 2.33 bits per heavy atom. The minimum Gasteiger partial charge on any atom is -0.490 e. The molecule has 1 saturated carbocycles. The second-order valence-corrected chi connectivity index (χ2v) is 8.24. The molecule has 0 atom stereocenters. The number of halogens is 1. The van der Waals surface area contributed by atoms with Crippen LogP contribution in [0.15, 0.2) is 47.4 Å². The van der Waals surface area contributed by atoms with Gasteiger partial charge in [-0.05, 0) is 44.9 Å². The van der Waals surface area contributed by atoms with Gasteiger partial charge in [0.2, 0.25) is 10.0 Å². The van der Waals surface area contributed by atoms with Gasteiger partial charge in [0.1, 0.15) is 5.82 Å². The lowest BCUT2D eigenvalue weighted by Crippen LogP contribution is -2.33. The van der Waals surface area contributed by atoms with E-state index in [0.29, 0.717) is 30.3 Å². The Kier molecular flexibility index (Phi) is 6.01. The van der Waals surface area contributed by atoms with Gasteiger partial charge in [0.05, 0.1) is 18.1 Å². The van der Waals surface area contributed by atoms with Gasteiger partial charge in [-0.2, -0.15) is 4.31 Å². The fourth-order valence-electron chi connectivity index (χ4n) is 2.89. The summed E-state index contributed by atoms with van der Waals surface area (Å²) in [5.41, 5.74) is 0.365. The summed E-state index contributed by atoms with van der Waals surface area (Å²) in [6.45, 7) is 4.53. The number of nitrogens with zero attached hydrogens (tertiary/aromatic N) is 1. The zero-order valence-electron chi connectivity index (χ0n) is 15.5. The van der Waals surface area contributed by atoms with Crippen molar-refractivity contribution in [3.05, 3.63) is 53.8 Å². The topological polar surface area (TPSA) is 55.8 Å². The number of sulfonamides is 1. The molecule has 3 rings (SSSR count). The molecule has 146 valence electrons. The summed E-state index contributed by atoms with van der Waals surface area (Å²) in [7, 11) is -3.79. The van der Waals surface area contributed by atoms with Gasteiger partial charge in [0.15, 0.2) is 11.5 Å². The molecular weight excluding hydrogens is 369 g/mol. The fraction of sp³-hybridized carbons (Fsp3) is 0.400. The van der Waals surface area contributed by atoms with Crippen molar-refractivity contribution in [1.82, 2.24) is 4.31 Å². The number of rotatable bonds is 9. The van der Waals surface area contributed by atoms with E-state index in [4.69, 9.17) is 9.47 Å². The molecule has 2 aromatic carbocycles. The van der Waals surface area contributed by atoms with Crippen LogP contribution in [0.1, 0.15) is 32.3 Å². The lowest BCUT2D eigenvalue weighted by Gasteiger charge is -2.23. The summed E-state index contributed by atoms with van der Waals surface area (Å²) in [6.07, 6.45) is 1.56. The van der Waals surface area contributed by atoms with E-state index < -0.39 is 15.8 Å². The zero-order valence-corrected chi connectivity index (χ0v) is 16.3. The Balaban J connectivity index is 1.95. The predicted molar refractivity (Wildman–Crippen MR) is 101 cm³/mol. The summed E-state index contributed by atoms with van der Waals surface area (Å²) in [5, 5.41) is 0. The highest BCUT2D eigenvalue weighted by molar-refractivity contribution is 7.89. The predicted octanol–water partition coefficient (Wildman–Crippen LogP) is 3.98. The van der Waals surface area contributed by atoms with Crippen LogP contribution >= 0.6 is 0 Å². The van der Waals surface area contributed by atoms with Crippen LogP contribution in [0.4, 0.5) is 4.39 Å². The second-order valence-electron chi connectivity index (χ2n) is 6.35. The van der Waals surface area contributed by atoms with Crippen molar-refractivity contribution in [2.75, 3.05) is 13.2 Å². The zero-order chi connectivity index (χ0) is 19.4. The van der Waals surface area contributed by atoms with Crippen LogP contribution in [0.2, 0.25) is 0 Å². The van der Waals surface area contributed by atoms with Crippen LogP contribution in [0.3, 0.4) is 0 Å². The SMILES string of the molecule is CCOc1ccc(S(=O)(=O)N(Cc2ccccc2F)C2CC2)cc1OCC. The molecule has 0 radical (unpaired) electrons. The number of hydrogen-bond donors (Lipinski definition) is 0. The van der Waals surface area contributed by atoms with Crippen LogP contribution in [0, 0.1) is 5.82 Å². The fourth-order valence-corrected chi connectivity index (χ4v) is 4.57. The van der Waals surface area contributed by atoms with E-state index in [1.807, 2.05) is 13.8 Å². The van der Waals surface area contributed by atoms with Gasteiger partial charge in [-0.1, -0.05) is 18.2 Å². The molecule has 0 N–H and O–H groups in total. The molecule has 0 bridgehead atoms. The van der Waals surface area contributed by atoms with Crippen LogP contribution in [0.5, 0.6) is 11.5 Å². The quantitative estimate of drug-likeness (QED) is 0.647. The molecule has 5 nitrogen and oxygen atoms in total. The first-order valence-electron chi connectivity index (χ1n) is 9.12. The normalized spacial score (nSPS) is 14.4. The van der Waals surface area contributed by atoms with Gasteiger partial charge in [-0.3, -0.25) is 0 Å². The Bertz CT molecular complexity index is 897. The maximum absolute atomic E-state index is 14.1. The largest absolute Gasteiger partial charge is 0.490 e. The molecule has 2 aromatic rings. The van der Waals surface area contributed by atoms with Gasteiger partial charge in [0.25, 0.3) is 0 Å². The molecular formula is C20H24FNO4S. The van der Waals surface area contributed by atoms with E-state index in [0.717, 1.165) is 12.8 Å². The molecule has 27 heavy (non-hydrogen) atoms. The molecule has 0 heterocycles. The maximum atomic E-state index is 14.1. The maximum Gasteiger partial charge on any atom is 0.243 e. The summed E-state index contributed by atoms with van der Waals surface area (Å²) < 4.78 is 53.0. The lowest BCUT2D eigenvalue weighted by molar-refractivity contribution is 0.287. The van der Waals surface area contributed by atoms with Crippen molar-refractivity contribution in [2.45, 2.75) is 44.2 Å². The number of ether oxygens (including phenoxy) is 2. The molecule has 0 aromatic heterocycles. The van der Waals surface area contributed by atoms with Gasteiger partial charge in [-0.15, -0.1) is 0 Å². The van der Waals surface area contributed by atoms with Gasteiger partial charge >= 0.3 is 0 Å². The Morgan fingerprint density at radius 1 is 1.04 bits per heavy atom. The molecule has 1 fully saturated rings. The van der Waals surface area contributed by atoms with E-state index in [9.17, 15) is 12.8 Å². The Labute approximate surface area is 159 Å². The third kappa shape index (κ3) is 4.42. The molecule has 1 aliphatic carbocycles. The molecule has 0 spiro atoms. The lowest BCUT2D eigenvalue weighted by atomic mass is 10.2. The van der Waals surface area contributed by atoms with Gasteiger partial charge in [0, 0.05) is 24.2 Å². The number of benzene rings is 2. The van der Waals surface area contributed by atoms with Crippen LogP contribution in [0.25, 0.3) is 0 Å². The minimum absolute atomic E-state index is 0.0108. The molecule has 0 aliphatic heterocycles. The third-order valence-electron chi connectivity index (χ3n) is 4.36. The number of hydrogen-bond acceptors (Lipinski definition) is 4. The van der Waals surface area contributed by atoms with Crippen molar-refractivity contribution in [3.8, 4) is 11.5 Å². The van der Waals surface area contributed by atoms with Crippen molar-refractivity contribution in [3.63, 3.8) is 0 Å². The van der Waals surface area contributed by atoms with E-state index in [1.165, 1.54) is 22.5 Å². The van der Waals surface area contributed by atoms with Crippen molar-refractivity contribution >= 4 is 10.0 Å². The van der Waals surface area contributed by atoms with Crippen LogP contribution in [-0.2, 0) is 16.6 Å². The first-order chi connectivity index (χ1) is 13.0. The van der Waals surface area contributed by atoms with Crippen LogP contribution in [-0.4, -0.2) is 32.0 Å². The molecule has 0 unspecified atom stereocenters.